The molecule has 0 radical (unpaired) electrons. The van der Waals surface area contributed by atoms with Gasteiger partial charge in [0.05, 0.1) is 6.42 Å². The van der Waals surface area contributed by atoms with E-state index < -0.39 is 11.4 Å². The fraction of sp³-hybridized carbons (Fsp3) is 0.474. The number of nitrogens with two attached hydrogens (primary N) is 1. The maximum atomic E-state index is 12.6. The van der Waals surface area contributed by atoms with Gasteiger partial charge in [-0.3, -0.25) is 9.59 Å². The summed E-state index contributed by atoms with van der Waals surface area (Å²) >= 11 is 0. The lowest BCUT2D eigenvalue weighted by Gasteiger charge is -2.26. The van der Waals surface area contributed by atoms with Gasteiger partial charge in [-0.1, -0.05) is 24.5 Å². The molecule has 1 saturated carbocycles. The van der Waals surface area contributed by atoms with Crippen molar-refractivity contribution < 1.29 is 9.59 Å². The third-order valence-corrected chi connectivity index (χ3v) is 5.21. The van der Waals surface area contributed by atoms with E-state index in [0.29, 0.717) is 12.8 Å². The number of fused-ring (bicyclic) bond motifs is 1. The minimum atomic E-state index is -0.858. The molecule has 2 aromatic rings. The lowest BCUT2D eigenvalue weighted by molar-refractivity contribution is -0.131. The summed E-state index contributed by atoms with van der Waals surface area (Å²) in [4.78, 5) is 27.8. The first-order valence-electron chi connectivity index (χ1n) is 8.52. The molecule has 0 aliphatic heterocycles. The number of amides is 2. The Bertz CT molecular complexity index is 814. The predicted molar refractivity (Wildman–Crippen MR) is 94.7 cm³/mol. The van der Waals surface area contributed by atoms with E-state index in [1.54, 1.807) is 0 Å². The van der Waals surface area contributed by atoms with Crippen molar-refractivity contribution in [2.75, 3.05) is 0 Å². The number of rotatable bonds is 4. The summed E-state index contributed by atoms with van der Waals surface area (Å²) in [5, 5.41) is 4.01. The second kappa shape index (κ2) is 5.96. The van der Waals surface area contributed by atoms with Gasteiger partial charge in [-0.15, -0.1) is 0 Å². The van der Waals surface area contributed by atoms with Gasteiger partial charge in [0.25, 0.3) is 0 Å². The molecule has 5 heteroatoms. The molecule has 0 saturated heterocycles. The minimum Gasteiger partial charge on any atom is -0.368 e. The molecule has 0 unspecified atom stereocenters. The highest BCUT2D eigenvalue weighted by atomic mass is 16.2. The Morgan fingerprint density at radius 2 is 1.88 bits per heavy atom. The molecule has 0 spiro atoms. The molecule has 1 heterocycles. The van der Waals surface area contributed by atoms with E-state index in [4.69, 9.17) is 5.73 Å². The summed E-state index contributed by atoms with van der Waals surface area (Å²) in [6.07, 6.45) is 3.38. The van der Waals surface area contributed by atoms with Crippen molar-refractivity contribution in [2.24, 2.45) is 5.73 Å². The van der Waals surface area contributed by atoms with Crippen LogP contribution in [0.25, 0.3) is 10.9 Å². The maximum absolute atomic E-state index is 12.6. The quantitative estimate of drug-likeness (QED) is 0.806. The van der Waals surface area contributed by atoms with Crippen LogP contribution in [0.1, 0.15) is 48.1 Å². The molecule has 24 heavy (non-hydrogen) atoms. The molecule has 3 rings (SSSR count). The Balaban J connectivity index is 1.88. The van der Waals surface area contributed by atoms with Gasteiger partial charge >= 0.3 is 0 Å². The molecule has 5 nitrogen and oxygen atoms in total. The van der Waals surface area contributed by atoms with Crippen LogP contribution in [0, 0.1) is 20.8 Å². The van der Waals surface area contributed by atoms with Gasteiger partial charge in [-0.2, -0.15) is 0 Å². The third kappa shape index (κ3) is 2.79. The smallest absolute Gasteiger partial charge is 0.243 e. The number of nitrogens with one attached hydrogen (secondary N) is 2. The monoisotopic (exact) mass is 327 g/mol. The van der Waals surface area contributed by atoms with Gasteiger partial charge in [0.15, 0.2) is 0 Å². The SMILES string of the molecule is Cc1cc(C)c2[nH]c(C)c(CC(=O)NC3(C(N)=O)CCCC3)c2c1. The van der Waals surface area contributed by atoms with Crippen LogP contribution in [-0.2, 0) is 16.0 Å². The average molecular weight is 327 g/mol. The molecule has 1 aliphatic carbocycles. The molecule has 0 atom stereocenters. The number of hydrogen-bond donors (Lipinski definition) is 3. The van der Waals surface area contributed by atoms with Crippen molar-refractivity contribution >= 4 is 22.7 Å². The summed E-state index contributed by atoms with van der Waals surface area (Å²) in [6, 6.07) is 4.23. The first-order chi connectivity index (χ1) is 11.3. The number of aromatic amines is 1. The molecule has 0 bridgehead atoms. The first kappa shape index (κ1) is 16.6. The molecule has 1 fully saturated rings. The Morgan fingerprint density at radius 1 is 1.21 bits per heavy atom. The number of primary amides is 1. The van der Waals surface area contributed by atoms with Crippen LogP contribution in [0.2, 0.25) is 0 Å². The molecular weight excluding hydrogens is 302 g/mol. The van der Waals surface area contributed by atoms with Crippen LogP contribution in [0.5, 0.6) is 0 Å². The van der Waals surface area contributed by atoms with E-state index in [1.807, 2.05) is 6.92 Å². The molecule has 1 aromatic heterocycles. The van der Waals surface area contributed by atoms with Crippen molar-refractivity contribution in [1.29, 1.82) is 0 Å². The number of aryl methyl sites for hydroxylation is 3. The maximum Gasteiger partial charge on any atom is 0.243 e. The van der Waals surface area contributed by atoms with Crippen LogP contribution in [0.15, 0.2) is 12.1 Å². The van der Waals surface area contributed by atoms with E-state index in [0.717, 1.165) is 35.0 Å². The third-order valence-electron chi connectivity index (χ3n) is 5.21. The summed E-state index contributed by atoms with van der Waals surface area (Å²) in [6.45, 7) is 6.10. The summed E-state index contributed by atoms with van der Waals surface area (Å²) in [7, 11) is 0. The Hall–Kier alpha value is -2.30. The number of carbonyl (C=O) groups is 2. The van der Waals surface area contributed by atoms with Gasteiger partial charge in [0.1, 0.15) is 5.54 Å². The highest BCUT2D eigenvalue weighted by Gasteiger charge is 2.40. The Labute approximate surface area is 142 Å². The second-order valence-electron chi connectivity index (χ2n) is 7.11. The second-order valence-corrected chi connectivity index (χ2v) is 7.11. The van der Waals surface area contributed by atoms with Crippen LogP contribution >= 0.6 is 0 Å². The van der Waals surface area contributed by atoms with E-state index >= 15 is 0 Å². The fourth-order valence-corrected chi connectivity index (χ4v) is 3.95. The van der Waals surface area contributed by atoms with Crippen LogP contribution in [-0.4, -0.2) is 22.3 Å². The first-order valence-corrected chi connectivity index (χ1v) is 8.52. The molecule has 128 valence electrons. The van der Waals surface area contributed by atoms with Crippen molar-refractivity contribution in [3.8, 4) is 0 Å². The number of H-pyrrole nitrogens is 1. The number of carbonyl (C=O) groups excluding carboxylic acids is 2. The predicted octanol–water partition coefficient (Wildman–Crippen LogP) is 2.55. The molecule has 4 N–H and O–H groups in total. The largest absolute Gasteiger partial charge is 0.368 e. The van der Waals surface area contributed by atoms with Crippen molar-refractivity contribution in [3.63, 3.8) is 0 Å². The van der Waals surface area contributed by atoms with Crippen LogP contribution in [0.4, 0.5) is 0 Å². The highest BCUT2D eigenvalue weighted by molar-refractivity contribution is 5.95. The summed E-state index contributed by atoms with van der Waals surface area (Å²) in [5.41, 5.74) is 10.1. The topological polar surface area (TPSA) is 88.0 Å². The van der Waals surface area contributed by atoms with Gasteiger partial charge < -0.3 is 16.0 Å². The fourth-order valence-electron chi connectivity index (χ4n) is 3.95. The number of aromatic nitrogens is 1. The lowest BCUT2D eigenvalue weighted by Crippen LogP contribution is -2.56. The Kier molecular flexibility index (Phi) is 4.11. The molecule has 1 aliphatic rings. The van der Waals surface area contributed by atoms with E-state index in [2.05, 4.69) is 36.3 Å². The van der Waals surface area contributed by atoms with E-state index in [1.165, 1.54) is 11.1 Å². The van der Waals surface area contributed by atoms with Gasteiger partial charge in [0, 0.05) is 16.6 Å². The zero-order valence-electron chi connectivity index (χ0n) is 14.6. The van der Waals surface area contributed by atoms with E-state index in [9.17, 15) is 9.59 Å². The van der Waals surface area contributed by atoms with Crippen molar-refractivity contribution in [1.82, 2.24) is 10.3 Å². The molecule has 1 aromatic carbocycles. The van der Waals surface area contributed by atoms with Crippen LogP contribution < -0.4 is 11.1 Å². The molecule has 2 amide bonds. The average Bonchev–Trinajstić information content (AvgIpc) is 3.07. The van der Waals surface area contributed by atoms with Crippen LogP contribution in [0.3, 0.4) is 0 Å². The highest BCUT2D eigenvalue weighted by Crippen LogP contribution is 2.30. The number of benzene rings is 1. The summed E-state index contributed by atoms with van der Waals surface area (Å²) in [5.74, 6) is -0.561. The van der Waals surface area contributed by atoms with Gasteiger partial charge in [-0.25, -0.2) is 0 Å². The van der Waals surface area contributed by atoms with Gasteiger partial charge in [0.2, 0.25) is 11.8 Å². The Morgan fingerprint density at radius 3 is 2.50 bits per heavy atom. The van der Waals surface area contributed by atoms with Crippen molar-refractivity contribution in [3.05, 3.63) is 34.5 Å². The minimum absolute atomic E-state index is 0.140. The number of hydrogen-bond acceptors (Lipinski definition) is 2. The van der Waals surface area contributed by atoms with E-state index in [-0.39, 0.29) is 12.3 Å². The summed E-state index contributed by atoms with van der Waals surface area (Å²) < 4.78 is 0. The molecular formula is C19H25N3O2. The van der Waals surface area contributed by atoms with Gasteiger partial charge in [-0.05, 0) is 50.8 Å². The zero-order chi connectivity index (χ0) is 17.5. The standard InChI is InChI=1S/C19H25N3O2/c1-11-8-12(2)17-15(9-11)14(13(3)21-17)10-16(23)22-19(18(20)24)6-4-5-7-19/h8-9,21H,4-7,10H2,1-3H3,(H2,20,24)(H,22,23). The normalized spacial score (nSPS) is 16.5. The lowest BCUT2D eigenvalue weighted by atomic mass is 9.95. The van der Waals surface area contributed by atoms with Crippen molar-refractivity contribution in [2.45, 2.75) is 58.4 Å². The zero-order valence-corrected chi connectivity index (χ0v) is 14.6.